The number of ether oxygens (including phenoxy) is 1. The molecule has 0 radical (unpaired) electrons. The summed E-state index contributed by atoms with van der Waals surface area (Å²) in [5.74, 6) is -0.0307. The molecule has 0 aromatic heterocycles. The zero-order chi connectivity index (χ0) is 21.3. The van der Waals surface area contributed by atoms with Gasteiger partial charge in [-0.05, 0) is 91.3 Å². The van der Waals surface area contributed by atoms with Crippen LogP contribution in [0.2, 0.25) is 0 Å². The number of carboxylic acids is 1. The summed E-state index contributed by atoms with van der Waals surface area (Å²) in [5.41, 5.74) is 7.18. The van der Waals surface area contributed by atoms with Gasteiger partial charge in [0.05, 0.1) is 5.56 Å². The number of carbonyl (C=O) groups is 1. The highest BCUT2D eigenvalue weighted by Crippen LogP contribution is 2.42. The number of benzene rings is 3. The van der Waals surface area contributed by atoms with Crippen molar-refractivity contribution in [1.29, 1.82) is 0 Å². The number of carboxylic acid groups (broad SMARTS) is 1. The molecule has 0 spiro atoms. The molecule has 0 amide bonds. The first kappa shape index (κ1) is 20.0. The number of rotatable bonds is 4. The fraction of sp³-hybridized carbons (Fsp3) is 0.222. The lowest BCUT2D eigenvalue weighted by Gasteiger charge is -2.27. The third-order valence-corrected chi connectivity index (χ3v) is 5.26. The zero-order valence-electron chi connectivity index (χ0n) is 17.6. The van der Waals surface area contributed by atoms with Crippen molar-refractivity contribution in [3.05, 3.63) is 101 Å². The lowest BCUT2D eigenvalue weighted by Crippen LogP contribution is -2.23. The lowest BCUT2D eigenvalue weighted by atomic mass is 9.79. The molecule has 3 aromatic rings. The van der Waals surface area contributed by atoms with Crippen LogP contribution in [0, 0.1) is 0 Å². The second-order valence-corrected chi connectivity index (χ2v) is 8.64. The number of aryl methyl sites for hydroxylation is 1. The van der Waals surface area contributed by atoms with E-state index in [1.54, 1.807) is 12.1 Å². The van der Waals surface area contributed by atoms with Gasteiger partial charge in [-0.25, -0.2) is 4.79 Å². The lowest BCUT2D eigenvalue weighted by molar-refractivity contribution is 0.0697. The van der Waals surface area contributed by atoms with Gasteiger partial charge in [-0.2, -0.15) is 0 Å². The number of aromatic carboxylic acids is 1. The van der Waals surface area contributed by atoms with Gasteiger partial charge >= 0.3 is 5.97 Å². The van der Waals surface area contributed by atoms with Gasteiger partial charge in [-0.15, -0.1) is 0 Å². The van der Waals surface area contributed by atoms with Crippen LogP contribution in [-0.4, -0.2) is 16.7 Å². The Kier molecular flexibility index (Phi) is 5.21. The van der Waals surface area contributed by atoms with Crippen molar-refractivity contribution in [2.24, 2.45) is 0 Å². The van der Waals surface area contributed by atoms with Crippen LogP contribution in [0.4, 0.5) is 0 Å². The molecule has 0 fully saturated rings. The number of fused-ring (bicyclic) bond motifs is 1. The standard InChI is InChI=1S/C27H26O3/c1-27(2,3)30-22-14-16-24-21(17-22)13-15-23(18-7-5-4-6-8-18)25(24)19-9-11-20(12-10-19)26(28)29/h4-12,14,16-17H,13,15H2,1-3H3,(H,28,29). The maximum absolute atomic E-state index is 11.3. The first-order valence-corrected chi connectivity index (χ1v) is 10.3. The van der Waals surface area contributed by atoms with E-state index < -0.39 is 5.97 Å². The Balaban J connectivity index is 1.86. The second-order valence-electron chi connectivity index (χ2n) is 8.64. The molecule has 3 aromatic carbocycles. The summed E-state index contributed by atoms with van der Waals surface area (Å²) in [5, 5.41) is 9.27. The minimum atomic E-state index is -0.910. The molecule has 1 N–H and O–H groups in total. The number of hydrogen-bond donors (Lipinski definition) is 1. The van der Waals surface area contributed by atoms with Gasteiger partial charge in [0, 0.05) is 0 Å². The summed E-state index contributed by atoms with van der Waals surface area (Å²) in [4.78, 5) is 11.3. The molecule has 0 bridgehead atoms. The van der Waals surface area contributed by atoms with E-state index in [9.17, 15) is 9.90 Å². The van der Waals surface area contributed by atoms with Gasteiger partial charge in [-0.3, -0.25) is 0 Å². The first-order chi connectivity index (χ1) is 14.3. The Bertz CT molecular complexity index is 1100. The van der Waals surface area contributed by atoms with Crippen LogP contribution in [-0.2, 0) is 6.42 Å². The van der Waals surface area contributed by atoms with Gasteiger partial charge < -0.3 is 9.84 Å². The molecular weight excluding hydrogens is 372 g/mol. The number of hydrogen-bond acceptors (Lipinski definition) is 2. The summed E-state index contributed by atoms with van der Waals surface area (Å²) in [6, 6.07) is 23.9. The Morgan fingerprint density at radius 2 is 1.57 bits per heavy atom. The van der Waals surface area contributed by atoms with Gasteiger partial charge in [0.2, 0.25) is 0 Å². The molecule has 1 aliphatic carbocycles. The van der Waals surface area contributed by atoms with E-state index in [4.69, 9.17) is 4.74 Å². The molecule has 3 nitrogen and oxygen atoms in total. The van der Waals surface area contributed by atoms with E-state index >= 15 is 0 Å². The summed E-state index contributed by atoms with van der Waals surface area (Å²) >= 11 is 0. The van der Waals surface area contributed by atoms with Crippen LogP contribution in [0.5, 0.6) is 5.75 Å². The highest BCUT2D eigenvalue weighted by atomic mass is 16.5. The average Bonchev–Trinajstić information content (AvgIpc) is 2.72. The topological polar surface area (TPSA) is 46.5 Å². The van der Waals surface area contributed by atoms with Crippen molar-refractivity contribution < 1.29 is 14.6 Å². The van der Waals surface area contributed by atoms with Crippen LogP contribution < -0.4 is 4.74 Å². The van der Waals surface area contributed by atoms with Crippen molar-refractivity contribution in [3.63, 3.8) is 0 Å². The molecule has 0 atom stereocenters. The predicted octanol–water partition coefficient (Wildman–Crippen LogP) is 6.47. The molecule has 0 saturated carbocycles. The van der Waals surface area contributed by atoms with Crippen LogP contribution >= 0.6 is 0 Å². The fourth-order valence-corrected chi connectivity index (χ4v) is 4.02. The zero-order valence-corrected chi connectivity index (χ0v) is 17.6. The van der Waals surface area contributed by atoms with E-state index in [0.717, 1.165) is 24.2 Å². The van der Waals surface area contributed by atoms with Crippen molar-refractivity contribution >= 4 is 17.1 Å². The van der Waals surface area contributed by atoms with E-state index in [2.05, 4.69) is 57.2 Å². The highest BCUT2D eigenvalue weighted by molar-refractivity contribution is 6.01. The Morgan fingerprint density at radius 3 is 2.20 bits per heavy atom. The monoisotopic (exact) mass is 398 g/mol. The van der Waals surface area contributed by atoms with Crippen LogP contribution in [0.25, 0.3) is 11.1 Å². The minimum absolute atomic E-state index is 0.247. The maximum Gasteiger partial charge on any atom is 0.335 e. The van der Waals surface area contributed by atoms with Gasteiger partial charge in [0.25, 0.3) is 0 Å². The maximum atomic E-state index is 11.3. The summed E-state index contributed by atoms with van der Waals surface area (Å²) < 4.78 is 6.08. The van der Waals surface area contributed by atoms with E-state index in [1.807, 2.05) is 24.3 Å². The fourth-order valence-electron chi connectivity index (χ4n) is 4.02. The summed E-state index contributed by atoms with van der Waals surface area (Å²) in [6.07, 6.45) is 1.86. The smallest absolute Gasteiger partial charge is 0.335 e. The molecule has 152 valence electrons. The predicted molar refractivity (Wildman–Crippen MR) is 121 cm³/mol. The molecule has 1 aliphatic rings. The normalized spacial score (nSPS) is 13.7. The SMILES string of the molecule is CC(C)(C)Oc1ccc2c(c1)CCC(c1ccccc1)=C2c1ccc(C(=O)O)cc1. The molecule has 0 aliphatic heterocycles. The van der Waals surface area contributed by atoms with E-state index in [-0.39, 0.29) is 5.60 Å². The molecular formula is C27H26O3. The molecule has 3 heteroatoms. The molecule has 4 rings (SSSR count). The quantitative estimate of drug-likeness (QED) is 0.548. The third kappa shape index (κ3) is 4.16. The van der Waals surface area contributed by atoms with Gasteiger partial charge in [-0.1, -0.05) is 48.5 Å². The summed E-state index contributed by atoms with van der Waals surface area (Å²) in [7, 11) is 0. The highest BCUT2D eigenvalue weighted by Gasteiger charge is 2.23. The van der Waals surface area contributed by atoms with Gasteiger partial charge in [0.15, 0.2) is 0 Å². The summed E-state index contributed by atoms with van der Waals surface area (Å²) in [6.45, 7) is 6.15. The van der Waals surface area contributed by atoms with Crippen LogP contribution in [0.15, 0.2) is 72.8 Å². The average molecular weight is 399 g/mol. The van der Waals surface area contributed by atoms with Crippen molar-refractivity contribution in [3.8, 4) is 5.75 Å². The Hall–Kier alpha value is -3.33. The molecule has 0 unspecified atom stereocenters. The largest absolute Gasteiger partial charge is 0.488 e. The van der Waals surface area contributed by atoms with E-state index in [1.165, 1.54) is 27.8 Å². The van der Waals surface area contributed by atoms with Crippen molar-refractivity contribution in [1.82, 2.24) is 0 Å². The first-order valence-electron chi connectivity index (χ1n) is 10.3. The Morgan fingerprint density at radius 1 is 0.867 bits per heavy atom. The second kappa shape index (κ2) is 7.83. The third-order valence-electron chi connectivity index (χ3n) is 5.26. The van der Waals surface area contributed by atoms with Crippen molar-refractivity contribution in [2.75, 3.05) is 0 Å². The van der Waals surface area contributed by atoms with Crippen LogP contribution in [0.3, 0.4) is 0 Å². The number of allylic oxidation sites excluding steroid dienone is 1. The van der Waals surface area contributed by atoms with E-state index in [0.29, 0.717) is 5.56 Å². The van der Waals surface area contributed by atoms with Gasteiger partial charge in [0.1, 0.15) is 11.4 Å². The van der Waals surface area contributed by atoms with Crippen molar-refractivity contribution in [2.45, 2.75) is 39.2 Å². The Labute approximate surface area is 177 Å². The minimum Gasteiger partial charge on any atom is -0.488 e. The molecule has 30 heavy (non-hydrogen) atoms. The van der Waals surface area contributed by atoms with Crippen LogP contribution in [0.1, 0.15) is 59.8 Å². The molecule has 0 saturated heterocycles. The molecule has 0 heterocycles.